The molecule has 0 radical (unpaired) electrons. The third-order valence-corrected chi connectivity index (χ3v) is 2.49. The number of H-pyrrole nitrogens is 1. The SMILES string of the molecule is CCc1c(NNC)[nH]c2c(C#N)cnn2c1=O. The fraction of sp³-hybridized carbons (Fsp3) is 0.300. The molecule has 0 aliphatic heterocycles. The van der Waals surface area contributed by atoms with Crippen molar-refractivity contribution in [1.29, 1.82) is 5.26 Å². The summed E-state index contributed by atoms with van der Waals surface area (Å²) in [4.78, 5) is 15.1. The minimum absolute atomic E-state index is 0.222. The molecule has 3 N–H and O–H groups in total. The average Bonchev–Trinajstić information content (AvgIpc) is 2.73. The molecule has 0 aromatic carbocycles. The second-order valence-electron chi connectivity index (χ2n) is 3.44. The van der Waals surface area contributed by atoms with Crippen LogP contribution in [0.15, 0.2) is 11.0 Å². The minimum atomic E-state index is -0.222. The molecule has 0 unspecified atom stereocenters. The summed E-state index contributed by atoms with van der Waals surface area (Å²) in [5, 5.41) is 12.8. The molecular weight excluding hydrogens is 220 g/mol. The Balaban J connectivity index is 2.81. The molecule has 0 amide bonds. The van der Waals surface area contributed by atoms with Gasteiger partial charge in [-0.05, 0) is 6.42 Å². The lowest BCUT2D eigenvalue weighted by Crippen LogP contribution is -2.26. The Morgan fingerprint density at radius 1 is 1.65 bits per heavy atom. The first-order chi connectivity index (χ1) is 8.22. The molecule has 2 aromatic heterocycles. The van der Waals surface area contributed by atoms with Crippen molar-refractivity contribution >= 4 is 11.5 Å². The molecule has 88 valence electrons. The van der Waals surface area contributed by atoms with Crippen LogP contribution in [0.3, 0.4) is 0 Å². The normalized spacial score (nSPS) is 10.4. The standard InChI is InChI=1S/C10H12N6O/c1-3-7-8(15-12-2)14-9-6(4-11)5-13-16(9)10(7)17/h5,12,14-15H,3H2,1-2H3. The van der Waals surface area contributed by atoms with Gasteiger partial charge in [0.2, 0.25) is 0 Å². The first-order valence-electron chi connectivity index (χ1n) is 5.18. The van der Waals surface area contributed by atoms with E-state index >= 15 is 0 Å². The number of rotatable bonds is 3. The molecule has 2 heterocycles. The number of fused-ring (bicyclic) bond motifs is 1. The van der Waals surface area contributed by atoms with Gasteiger partial charge >= 0.3 is 0 Å². The van der Waals surface area contributed by atoms with Crippen LogP contribution in [0.4, 0.5) is 5.82 Å². The number of hydrogen-bond donors (Lipinski definition) is 3. The van der Waals surface area contributed by atoms with Crippen molar-refractivity contribution in [2.75, 3.05) is 12.5 Å². The van der Waals surface area contributed by atoms with Crippen molar-refractivity contribution in [2.45, 2.75) is 13.3 Å². The van der Waals surface area contributed by atoms with Crippen LogP contribution in [0.2, 0.25) is 0 Å². The predicted molar refractivity (Wildman–Crippen MR) is 62.6 cm³/mol. The first-order valence-corrected chi connectivity index (χ1v) is 5.18. The zero-order valence-electron chi connectivity index (χ0n) is 9.53. The molecule has 0 aliphatic rings. The highest BCUT2D eigenvalue weighted by Gasteiger charge is 2.13. The summed E-state index contributed by atoms with van der Waals surface area (Å²) in [6.07, 6.45) is 1.94. The number of aromatic nitrogens is 3. The summed E-state index contributed by atoms with van der Waals surface area (Å²) in [7, 11) is 1.70. The number of anilines is 1. The van der Waals surface area contributed by atoms with E-state index in [0.717, 1.165) is 0 Å². The van der Waals surface area contributed by atoms with E-state index in [1.807, 2.05) is 13.0 Å². The minimum Gasteiger partial charge on any atom is -0.324 e. The third-order valence-electron chi connectivity index (χ3n) is 2.49. The highest BCUT2D eigenvalue weighted by atomic mass is 16.1. The lowest BCUT2D eigenvalue weighted by Gasteiger charge is -2.09. The number of aromatic amines is 1. The molecule has 17 heavy (non-hydrogen) atoms. The van der Waals surface area contributed by atoms with E-state index in [9.17, 15) is 4.79 Å². The van der Waals surface area contributed by atoms with Crippen LogP contribution in [0.5, 0.6) is 0 Å². The maximum absolute atomic E-state index is 12.1. The van der Waals surface area contributed by atoms with Gasteiger partial charge in [-0.2, -0.15) is 14.9 Å². The van der Waals surface area contributed by atoms with Crippen LogP contribution in [0, 0.1) is 11.3 Å². The average molecular weight is 232 g/mol. The summed E-state index contributed by atoms with van der Waals surface area (Å²) in [6, 6.07) is 1.98. The van der Waals surface area contributed by atoms with Crippen molar-refractivity contribution in [2.24, 2.45) is 0 Å². The van der Waals surface area contributed by atoms with Gasteiger partial charge in [0.05, 0.1) is 11.8 Å². The summed E-state index contributed by atoms with van der Waals surface area (Å²) < 4.78 is 1.21. The van der Waals surface area contributed by atoms with Gasteiger partial charge in [-0.1, -0.05) is 6.92 Å². The number of hydrazine groups is 1. The Morgan fingerprint density at radius 2 is 2.41 bits per heavy atom. The van der Waals surface area contributed by atoms with Crippen LogP contribution < -0.4 is 16.4 Å². The number of nitrogens with one attached hydrogen (secondary N) is 3. The van der Waals surface area contributed by atoms with Crippen molar-refractivity contribution < 1.29 is 0 Å². The van der Waals surface area contributed by atoms with Gasteiger partial charge in [0.25, 0.3) is 5.56 Å². The molecular formula is C10H12N6O. The molecule has 0 aliphatic carbocycles. The number of nitriles is 1. The van der Waals surface area contributed by atoms with Gasteiger partial charge in [0.1, 0.15) is 17.5 Å². The van der Waals surface area contributed by atoms with Gasteiger partial charge in [-0.15, -0.1) is 0 Å². The lowest BCUT2D eigenvalue weighted by molar-refractivity contribution is 0.855. The van der Waals surface area contributed by atoms with Crippen LogP contribution in [-0.2, 0) is 6.42 Å². The quantitative estimate of drug-likeness (QED) is 0.647. The Morgan fingerprint density at radius 3 is 3.00 bits per heavy atom. The summed E-state index contributed by atoms with van der Waals surface area (Å²) >= 11 is 0. The van der Waals surface area contributed by atoms with Gasteiger partial charge < -0.3 is 10.4 Å². The van der Waals surface area contributed by atoms with Gasteiger partial charge in [-0.3, -0.25) is 4.79 Å². The van der Waals surface area contributed by atoms with Crippen molar-refractivity contribution in [3.8, 4) is 6.07 Å². The lowest BCUT2D eigenvalue weighted by atomic mass is 10.2. The summed E-state index contributed by atoms with van der Waals surface area (Å²) in [6.45, 7) is 1.88. The highest BCUT2D eigenvalue weighted by molar-refractivity contribution is 5.59. The van der Waals surface area contributed by atoms with E-state index < -0.39 is 0 Å². The molecule has 0 spiro atoms. The smallest absolute Gasteiger partial charge is 0.279 e. The second-order valence-corrected chi connectivity index (χ2v) is 3.44. The van der Waals surface area contributed by atoms with Gasteiger partial charge in [0, 0.05) is 7.05 Å². The molecule has 7 heteroatoms. The Labute approximate surface area is 97.0 Å². The molecule has 2 rings (SSSR count). The fourth-order valence-corrected chi connectivity index (χ4v) is 1.69. The van der Waals surface area contributed by atoms with E-state index in [-0.39, 0.29) is 5.56 Å². The summed E-state index contributed by atoms with van der Waals surface area (Å²) in [5.41, 5.74) is 6.69. The van der Waals surface area contributed by atoms with E-state index in [1.54, 1.807) is 7.05 Å². The van der Waals surface area contributed by atoms with Crippen molar-refractivity contribution in [3.63, 3.8) is 0 Å². The molecule has 0 saturated heterocycles. The monoisotopic (exact) mass is 232 g/mol. The second kappa shape index (κ2) is 4.27. The molecule has 0 bridgehead atoms. The first kappa shape index (κ1) is 11.2. The molecule has 0 saturated carbocycles. The topological polar surface area (TPSA) is 98.0 Å². The molecule has 2 aromatic rings. The van der Waals surface area contributed by atoms with Crippen LogP contribution in [0.1, 0.15) is 18.1 Å². The van der Waals surface area contributed by atoms with Gasteiger partial charge in [0.15, 0.2) is 5.65 Å². The Hall–Kier alpha value is -2.33. The highest BCUT2D eigenvalue weighted by Crippen LogP contribution is 2.12. The molecule has 0 fully saturated rings. The maximum Gasteiger partial charge on any atom is 0.279 e. The molecule has 7 nitrogen and oxygen atoms in total. The fourth-order valence-electron chi connectivity index (χ4n) is 1.69. The zero-order valence-corrected chi connectivity index (χ0v) is 9.53. The van der Waals surface area contributed by atoms with Crippen molar-refractivity contribution in [3.05, 3.63) is 27.7 Å². The van der Waals surface area contributed by atoms with E-state index in [1.165, 1.54) is 10.7 Å². The molecule has 0 atom stereocenters. The third kappa shape index (κ3) is 1.64. The van der Waals surface area contributed by atoms with E-state index in [4.69, 9.17) is 5.26 Å². The summed E-state index contributed by atoms with van der Waals surface area (Å²) in [5.74, 6) is 0.560. The van der Waals surface area contributed by atoms with E-state index in [2.05, 4.69) is 20.9 Å². The maximum atomic E-state index is 12.1. The number of hydrogen-bond acceptors (Lipinski definition) is 5. The largest absolute Gasteiger partial charge is 0.324 e. The van der Waals surface area contributed by atoms with Crippen LogP contribution in [0.25, 0.3) is 5.65 Å². The number of nitrogens with zero attached hydrogens (tertiary/aromatic N) is 3. The zero-order chi connectivity index (χ0) is 12.4. The Kier molecular flexibility index (Phi) is 2.80. The van der Waals surface area contributed by atoms with Crippen molar-refractivity contribution in [1.82, 2.24) is 20.0 Å². The van der Waals surface area contributed by atoms with Crippen LogP contribution >= 0.6 is 0 Å². The van der Waals surface area contributed by atoms with E-state index in [0.29, 0.717) is 29.0 Å². The van der Waals surface area contributed by atoms with Crippen LogP contribution in [-0.4, -0.2) is 21.6 Å². The Bertz CT molecular complexity index is 647. The predicted octanol–water partition coefficient (Wildman–Crippen LogP) is 0.00298. The van der Waals surface area contributed by atoms with Gasteiger partial charge in [-0.25, -0.2) is 5.43 Å².